The van der Waals surface area contributed by atoms with Crippen LogP contribution in [-0.4, -0.2) is 14.6 Å². The molecule has 9 nitrogen and oxygen atoms in total. The van der Waals surface area contributed by atoms with Crippen LogP contribution in [0.25, 0.3) is 0 Å². The van der Waals surface area contributed by atoms with Crippen molar-refractivity contribution < 1.29 is 113 Å². The summed E-state index contributed by atoms with van der Waals surface area (Å²) in [6.45, 7) is 0. The van der Waals surface area contributed by atoms with Gasteiger partial charge in [-0.1, -0.05) is 0 Å². The van der Waals surface area contributed by atoms with E-state index in [1.54, 1.807) is 0 Å². The zero-order valence-electron chi connectivity index (χ0n) is 6.33. The summed E-state index contributed by atoms with van der Waals surface area (Å²) in [5, 5.41) is 50.5. The summed E-state index contributed by atoms with van der Waals surface area (Å²) in [6.07, 6.45) is 0. The Morgan fingerprint density at radius 1 is 0.500 bits per heavy atom. The van der Waals surface area contributed by atoms with Gasteiger partial charge >= 0.3 is 82.6 Å². The molecule has 0 spiro atoms. The van der Waals surface area contributed by atoms with E-state index < -0.39 is 14.6 Å². The first kappa shape index (κ1) is 29.7. The minimum absolute atomic E-state index is 0.300. The molecule has 0 amide bonds. The van der Waals surface area contributed by atoms with Crippen molar-refractivity contribution in [3.8, 4) is 0 Å². The fourth-order valence-corrected chi connectivity index (χ4v) is 0. The normalized spacial score (nSPS) is 5.14. The molecule has 0 atom stereocenters. The van der Waals surface area contributed by atoms with Gasteiger partial charge in [0, 0.05) is 0 Å². The third-order valence-electron chi connectivity index (χ3n) is 0. The first-order valence-electron chi connectivity index (χ1n) is 2.03. The fourth-order valence-electron chi connectivity index (χ4n) is 0. The van der Waals surface area contributed by atoms with Gasteiger partial charge in [0.1, 0.15) is 0 Å². The van der Waals surface area contributed by atoms with Gasteiger partial charge in [-0.25, -0.2) is 0 Å². The van der Waals surface area contributed by atoms with Crippen molar-refractivity contribution in [1.29, 1.82) is 0 Å². The molecule has 72 valence electrons. The predicted molar refractivity (Wildman–Crippen MR) is 13.6 cm³/mol. The van der Waals surface area contributed by atoms with Crippen LogP contribution in [0.4, 0.5) is 0 Å². The molecule has 0 aliphatic rings. The third kappa shape index (κ3) is 621. The summed E-state index contributed by atoms with van der Waals surface area (Å²) < 4.78 is 25.0. The van der Waals surface area contributed by atoms with E-state index in [1.807, 2.05) is 0 Å². The van der Waals surface area contributed by atoms with Gasteiger partial charge in [-0.05, 0) is 0 Å². The van der Waals surface area contributed by atoms with E-state index in [1.165, 1.54) is 0 Å². The standard InChI is InChI=1S/2BO3.3O.3Zr/c2*2-1(3)4;;;;;;/q2*-3;;;;3*+2. The molecule has 0 heterocycles. The van der Waals surface area contributed by atoms with E-state index in [0.29, 0.717) is 74.2 Å². The first-order chi connectivity index (χ1) is 6.46. The summed E-state index contributed by atoms with van der Waals surface area (Å²) in [7, 11) is -5.83. The van der Waals surface area contributed by atoms with Crippen molar-refractivity contribution in [1.82, 2.24) is 0 Å². The van der Waals surface area contributed by atoms with Gasteiger partial charge in [0.15, 0.2) is 0 Å². The maximum absolute atomic E-state index is 8.42. The Labute approximate surface area is 126 Å². The van der Waals surface area contributed by atoms with Crippen molar-refractivity contribution in [3.63, 3.8) is 0 Å². The zero-order valence-corrected chi connectivity index (χ0v) is 13.7. The molecule has 0 fully saturated rings. The Kier molecular flexibility index (Phi) is 97.8. The van der Waals surface area contributed by atoms with Crippen LogP contribution in [0.2, 0.25) is 0 Å². The predicted octanol–water partition coefficient (Wildman–Crippen LogP) is -8.26. The number of hydrogen-bond acceptors (Lipinski definition) is 9. The summed E-state index contributed by atoms with van der Waals surface area (Å²) >= 11 is 0.900. The summed E-state index contributed by atoms with van der Waals surface area (Å²) in [5.41, 5.74) is 0. The van der Waals surface area contributed by atoms with E-state index in [-0.39, 0.29) is 0 Å². The maximum atomic E-state index is 8.42. The van der Waals surface area contributed by atoms with Crippen molar-refractivity contribution >= 4 is 14.6 Å². The molecular weight excluding hydrogens is 439 g/mol. The van der Waals surface area contributed by atoms with Crippen molar-refractivity contribution in [2.24, 2.45) is 0 Å². The molecule has 0 aliphatic carbocycles. The summed E-state index contributed by atoms with van der Waals surface area (Å²) in [4.78, 5) is 0. The SMILES string of the molecule is [O-]B([O-])[O-].[O-]B([O-])[O-].[O]=[Zr+2].[O]=[Zr+2].[O]=[Zr+2]. The van der Waals surface area contributed by atoms with Crippen LogP contribution in [0.15, 0.2) is 0 Å². The van der Waals surface area contributed by atoms with Gasteiger partial charge < -0.3 is 30.1 Å². The van der Waals surface area contributed by atoms with Crippen LogP contribution in [0, 0.1) is 0 Å². The Morgan fingerprint density at radius 3 is 0.500 bits per heavy atom. The van der Waals surface area contributed by atoms with Crippen LogP contribution in [0.1, 0.15) is 0 Å². The van der Waals surface area contributed by atoms with Crippen molar-refractivity contribution in [2.45, 2.75) is 0 Å². The van der Waals surface area contributed by atoms with Crippen LogP contribution in [0.3, 0.4) is 0 Å². The Bertz CT molecular complexity index is 54.8. The molecule has 0 radical (unpaired) electrons. The molecule has 0 aliphatic heterocycles. The quantitative estimate of drug-likeness (QED) is 0.330. The second kappa shape index (κ2) is 46.1. The van der Waals surface area contributed by atoms with Crippen LogP contribution >= 0.6 is 0 Å². The molecule has 0 rings (SSSR count). The van der Waals surface area contributed by atoms with Gasteiger partial charge in [-0.15, -0.1) is 0 Å². The number of rotatable bonds is 0. The summed E-state index contributed by atoms with van der Waals surface area (Å²) in [6, 6.07) is 0. The van der Waals surface area contributed by atoms with E-state index in [0.717, 1.165) is 0 Å². The van der Waals surface area contributed by atoms with Gasteiger partial charge in [0.25, 0.3) is 0 Å². The van der Waals surface area contributed by atoms with Gasteiger partial charge in [0.05, 0.1) is 0 Å². The molecular formula is B2O9Zr3. The molecule has 14 heavy (non-hydrogen) atoms. The molecule has 14 heteroatoms. The molecule has 0 unspecified atom stereocenters. The Hall–Kier alpha value is 1.94. The molecule has 0 aromatic rings. The van der Waals surface area contributed by atoms with Gasteiger partial charge in [0.2, 0.25) is 0 Å². The molecule has 0 bridgehead atoms. The monoisotopic (exact) mass is 436 g/mol. The first-order valence-corrected chi connectivity index (χ1v) is 5.04. The molecule has 0 aromatic heterocycles. The minimum atomic E-state index is -2.92. The van der Waals surface area contributed by atoms with Crippen LogP contribution < -0.4 is 30.1 Å². The van der Waals surface area contributed by atoms with Gasteiger partial charge in [-0.3, -0.25) is 14.6 Å². The fraction of sp³-hybridized carbons (Fsp3) is 0. The zero-order chi connectivity index (χ0) is 13.2. The molecule has 0 N–H and O–H groups in total. The topological polar surface area (TPSA) is 190 Å². The third-order valence-corrected chi connectivity index (χ3v) is 0. The van der Waals surface area contributed by atoms with E-state index >= 15 is 0 Å². The molecule has 0 aromatic carbocycles. The van der Waals surface area contributed by atoms with E-state index in [9.17, 15) is 0 Å². The second-order valence-electron chi connectivity index (χ2n) is 0.577. The van der Waals surface area contributed by atoms with Crippen LogP contribution in [-0.2, 0) is 82.6 Å². The molecule has 0 saturated carbocycles. The van der Waals surface area contributed by atoms with E-state index in [4.69, 9.17) is 38.6 Å². The number of hydrogen-bond donors (Lipinski definition) is 0. The average Bonchev–Trinajstić information content (AvgIpc) is 2.12. The Balaban J connectivity index is -0.0000000255. The van der Waals surface area contributed by atoms with Crippen molar-refractivity contribution in [3.05, 3.63) is 0 Å². The Morgan fingerprint density at radius 2 is 0.500 bits per heavy atom. The van der Waals surface area contributed by atoms with Gasteiger partial charge in [-0.2, -0.15) is 0 Å². The second-order valence-corrected chi connectivity index (χ2v) is 0.577. The van der Waals surface area contributed by atoms with Crippen molar-refractivity contribution in [2.75, 3.05) is 0 Å². The average molecular weight is 439 g/mol. The van der Waals surface area contributed by atoms with E-state index in [2.05, 4.69) is 0 Å². The van der Waals surface area contributed by atoms with Crippen LogP contribution in [0.5, 0.6) is 0 Å². The molecule has 0 saturated heterocycles. The summed E-state index contributed by atoms with van der Waals surface area (Å²) in [5.74, 6) is 0.